The maximum Gasteiger partial charge on any atom is 0.0600 e. The summed E-state index contributed by atoms with van der Waals surface area (Å²) in [6, 6.07) is 16.1. The zero-order valence-electron chi connectivity index (χ0n) is 17.5. The minimum atomic E-state index is -0.375. The van der Waals surface area contributed by atoms with E-state index < -0.39 is 0 Å². The van der Waals surface area contributed by atoms with Crippen molar-refractivity contribution >= 4 is 10.9 Å². The molecular weight excluding hydrogens is 526 g/mol. The fourth-order valence-corrected chi connectivity index (χ4v) is 3.15. The van der Waals surface area contributed by atoms with E-state index in [2.05, 4.69) is 64.1 Å². The van der Waals surface area contributed by atoms with E-state index in [0.717, 1.165) is 16.8 Å². The Hall–Kier alpha value is -1.58. The van der Waals surface area contributed by atoms with Crippen molar-refractivity contribution in [2.45, 2.75) is 60.2 Å². The van der Waals surface area contributed by atoms with E-state index in [1.165, 1.54) is 27.6 Å². The molecule has 2 N–H and O–H groups in total. The molecule has 28 heavy (non-hydrogen) atoms. The summed E-state index contributed by atoms with van der Waals surface area (Å²) in [6.45, 7) is 11.8. The Labute approximate surface area is 182 Å². The number of hydrogen-bond donors (Lipinski definition) is 2. The Morgan fingerprint density at radius 3 is 2.04 bits per heavy atom. The number of pyridine rings is 1. The van der Waals surface area contributed by atoms with Crippen LogP contribution in [0.2, 0.25) is 0 Å². The molecule has 1 radical (unpaired) electrons. The number of aliphatic hydroxyl groups is 2. The van der Waals surface area contributed by atoms with Gasteiger partial charge in [-0.3, -0.25) is 4.98 Å². The van der Waals surface area contributed by atoms with E-state index in [4.69, 9.17) is 15.2 Å². The zero-order valence-corrected chi connectivity index (χ0v) is 19.9. The Kier molecular flexibility index (Phi) is 9.46. The number of nitrogens with zero attached hydrogens (tertiary/aromatic N) is 1. The van der Waals surface area contributed by atoms with Crippen molar-refractivity contribution in [1.82, 2.24) is 4.98 Å². The monoisotopic (exact) mass is 557 g/mol. The minimum absolute atomic E-state index is 0. The molecule has 0 aliphatic heterocycles. The van der Waals surface area contributed by atoms with Crippen LogP contribution in [-0.4, -0.2) is 27.4 Å². The molecule has 3 aromatic rings. The molecule has 0 saturated carbocycles. The van der Waals surface area contributed by atoms with Crippen LogP contribution in [-0.2, 0) is 20.1 Å². The van der Waals surface area contributed by atoms with Gasteiger partial charge in [-0.05, 0) is 63.9 Å². The molecule has 4 heteroatoms. The summed E-state index contributed by atoms with van der Waals surface area (Å²) >= 11 is 0. The SMILES string of the molecule is CC(O)CC(C)O.Cc1c[c-]c(-c2nc3cc(C)cc(C)c3cc2C)cc1.[Ir]. The molecule has 2 unspecified atom stereocenters. The van der Waals surface area contributed by atoms with Crippen LogP contribution in [0.1, 0.15) is 42.5 Å². The smallest absolute Gasteiger partial charge is 0.0600 e. The number of fused-ring (bicyclic) bond motifs is 1. The average molecular weight is 557 g/mol. The van der Waals surface area contributed by atoms with Gasteiger partial charge in [0, 0.05) is 25.5 Å². The number of aliphatic hydroxyl groups excluding tert-OH is 2. The van der Waals surface area contributed by atoms with Gasteiger partial charge in [0.2, 0.25) is 0 Å². The molecule has 0 amide bonds. The van der Waals surface area contributed by atoms with Gasteiger partial charge in [0.25, 0.3) is 0 Å². The minimum Gasteiger partial charge on any atom is -0.393 e. The second-order valence-electron chi connectivity index (χ2n) is 7.52. The van der Waals surface area contributed by atoms with E-state index in [1.807, 2.05) is 6.07 Å². The fourth-order valence-electron chi connectivity index (χ4n) is 3.15. The molecule has 2 aromatic carbocycles. The molecule has 3 rings (SSSR count). The van der Waals surface area contributed by atoms with E-state index in [9.17, 15) is 0 Å². The van der Waals surface area contributed by atoms with Gasteiger partial charge in [-0.1, -0.05) is 24.6 Å². The van der Waals surface area contributed by atoms with Gasteiger partial charge in [0.15, 0.2) is 0 Å². The van der Waals surface area contributed by atoms with Crippen LogP contribution >= 0.6 is 0 Å². The normalized spacial score (nSPS) is 12.6. The first-order valence-electron chi connectivity index (χ1n) is 9.40. The summed E-state index contributed by atoms with van der Waals surface area (Å²) in [6.07, 6.45) is -0.278. The van der Waals surface area contributed by atoms with Gasteiger partial charge in [-0.15, -0.1) is 35.4 Å². The summed E-state index contributed by atoms with van der Waals surface area (Å²) in [5, 5.41) is 18.4. The molecule has 1 heterocycles. The first kappa shape index (κ1) is 24.5. The third-order valence-corrected chi connectivity index (χ3v) is 4.38. The first-order chi connectivity index (χ1) is 12.7. The second-order valence-corrected chi connectivity index (χ2v) is 7.52. The van der Waals surface area contributed by atoms with E-state index in [-0.39, 0.29) is 32.3 Å². The molecule has 3 nitrogen and oxygen atoms in total. The van der Waals surface area contributed by atoms with Crippen LogP contribution in [0.15, 0.2) is 36.4 Å². The topological polar surface area (TPSA) is 53.4 Å². The standard InChI is InChI=1S/C19H18N.C5H12O2.Ir/c1-12-5-7-16(8-6-12)19-15(4)11-17-14(3)9-13(2)10-18(17)20-19;1-4(6)3-5(2)7;/h5-7,9-11H,1-4H3;4-7H,3H2,1-2H3;/q-1;;. The van der Waals surface area contributed by atoms with Crippen LogP contribution in [0.25, 0.3) is 22.2 Å². The van der Waals surface area contributed by atoms with Gasteiger partial charge < -0.3 is 10.2 Å². The van der Waals surface area contributed by atoms with Crippen molar-refractivity contribution in [3.05, 3.63) is 64.7 Å². The van der Waals surface area contributed by atoms with Gasteiger partial charge in [-0.25, -0.2) is 0 Å². The molecule has 0 aliphatic carbocycles. The maximum absolute atomic E-state index is 8.56. The van der Waals surface area contributed by atoms with E-state index in [0.29, 0.717) is 6.42 Å². The number of rotatable bonds is 3. The van der Waals surface area contributed by atoms with Crippen LogP contribution in [0.3, 0.4) is 0 Å². The fraction of sp³-hybridized carbons (Fsp3) is 0.375. The summed E-state index contributed by atoms with van der Waals surface area (Å²) in [7, 11) is 0. The Bertz CT molecular complexity index is 897. The predicted octanol–water partition coefficient (Wildman–Crippen LogP) is 5.07. The summed E-state index contributed by atoms with van der Waals surface area (Å²) in [5.41, 5.74) is 8.12. The number of benzene rings is 2. The molecular formula is C24H30IrNO2-. The molecule has 153 valence electrons. The molecule has 0 fully saturated rings. The van der Waals surface area contributed by atoms with Crippen LogP contribution in [0.5, 0.6) is 0 Å². The molecule has 1 aromatic heterocycles. The molecule has 0 bridgehead atoms. The van der Waals surface area contributed by atoms with Gasteiger partial charge in [-0.2, -0.15) is 0 Å². The van der Waals surface area contributed by atoms with Crippen molar-refractivity contribution < 1.29 is 30.3 Å². The van der Waals surface area contributed by atoms with E-state index >= 15 is 0 Å². The zero-order chi connectivity index (χ0) is 20.1. The van der Waals surface area contributed by atoms with Crippen LogP contribution < -0.4 is 0 Å². The van der Waals surface area contributed by atoms with Crippen molar-refractivity contribution in [3.8, 4) is 11.3 Å². The summed E-state index contributed by atoms with van der Waals surface area (Å²) in [5.74, 6) is 0. The average Bonchev–Trinajstić information content (AvgIpc) is 2.55. The molecule has 2 atom stereocenters. The Morgan fingerprint density at radius 2 is 1.54 bits per heavy atom. The Balaban J connectivity index is 0.000000425. The van der Waals surface area contributed by atoms with Crippen molar-refractivity contribution in [1.29, 1.82) is 0 Å². The van der Waals surface area contributed by atoms with Crippen molar-refractivity contribution in [2.24, 2.45) is 0 Å². The van der Waals surface area contributed by atoms with Crippen molar-refractivity contribution in [2.75, 3.05) is 0 Å². The largest absolute Gasteiger partial charge is 0.393 e. The third-order valence-electron chi connectivity index (χ3n) is 4.38. The van der Waals surface area contributed by atoms with Gasteiger partial charge >= 0.3 is 0 Å². The summed E-state index contributed by atoms with van der Waals surface area (Å²) < 4.78 is 0. The molecule has 0 spiro atoms. The predicted molar refractivity (Wildman–Crippen MR) is 113 cm³/mol. The van der Waals surface area contributed by atoms with Gasteiger partial charge in [0.05, 0.1) is 17.7 Å². The molecule has 0 saturated heterocycles. The van der Waals surface area contributed by atoms with Crippen molar-refractivity contribution in [3.63, 3.8) is 0 Å². The van der Waals surface area contributed by atoms with E-state index in [1.54, 1.807) is 13.8 Å². The Morgan fingerprint density at radius 1 is 0.893 bits per heavy atom. The third kappa shape index (κ3) is 6.79. The summed E-state index contributed by atoms with van der Waals surface area (Å²) in [4.78, 5) is 4.87. The van der Waals surface area contributed by atoms with Crippen LogP contribution in [0.4, 0.5) is 0 Å². The molecule has 0 aliphatic rings. The first-order valence-corrected chi connectivity index (χ1v) is 9.40. The maximum atomic E-state index is 8.56. The van der Waals surface area contributed by atoms with Crippen LogP contribution in [0, 0.1) is 33.8 Å². The van der Waals surface area contributed by atoms with Gasteiger partial charge in [0.1, 0.15) is 0 Å². The quantitative estimate of drug-likeness (QED) is 0.443. The number of aryl methyl sites for hydroxylation is 4. The number of hydrogen-bond acceptors (Lipinski definition) is 3. The second kappa shape index (κ2) is 10.8. The number of aromatic nitrogens is 1.